The smallest absolute Gasteiger partial charge is 0.236 e. The van der Waals surface area contributed by atoms with Crippen LogP contribution in [-0.4, -0.2) is 64.0 Å². The molecule has 3 heterocycles. The molecule has 158 valence electrons. The van der Waals surface area contributed by atoms with Gasteiger partial charge in [-0.3, -0.25) is 9.59 Å². The van der Waals surface area contributed by atoms with E-state index in [0.29, 0.717) is 24.7 Å². The number of amides is 2. The number of nitrogens with zero attached hydrogens (tertiary/aromatic N) is 5. The van der Waals surface area contributed by atoms with E-state index >= 15 is 0 Å². The van der Waals surface area contributed by atoms with Gasteiger partial charge in [0.25, 0.3) is 0 Å². The Balaban J connectivity index is 1.45. The first-order valence-electron chi connectivity index (χ1n) is 9.73. The summed E-state index contributed by atoms with van der Waals surface area (Å²) in [5.41, 5.74) is 0. The lowest BCUT2D eigenvalue weighted by molar-refractivity contribution is -0.136. The summed E-state index contributed by atoms with van der Waals surface area (Å²) in [4.78, 5) is 28.6. The number of anilines is 2. The molecule has 1 fully saturated rings. The Bertz CT molecular complexity index is 827. The van der Waals surface area contributed by atoms with Crippen molar-refractivity contribution in [1.29, 1.82) is 0 Å². The van der Waals surface area contributed by atoms with Gasteiger partial charge in [-0.1, -0.05) is 42.1 Å². The van der Waals surface area contributed by atoms with Crippen molar-refractivity contribution in [1.82, 2.24) is 20.3 Å². The van der Waals surface area contributed by atoms with Gasteiger partial charge in [-0.2, -0.15) is 0 Å². The Kier molecular flexibility index (Phi) is 7.48. The topological polar surface area (TPSA) is 104 Å². The van der Waals surface area contributed by atoms with Crippen molar-refractivity contribution in [3.63, 3.8) is 0 Å². The van der Waals surface area contributed by atoms with Gasteiger partial charge in [0.2, 0.25) is 16.9 Å². The van der Waals surface area contributed by atoms with Gasteiger partial charge in [0.05, 0.1) is 5.75 Å². The number of hydrogen-bond donors (Lipinski definition) is 1. The second kappa shape index (κ2) is 10.1. The number of hydrogen-bond acceptors (Lipinski definition) is 9. The molecule has 1 N–H and O–H groups in total. The van der Waals surface area contributed by atoms with Gasteiger partial charge in [0, 0.05) is 38.2 Å². The van der Waals surface area contributed by atoms with Crippen LogP contribution in [0, 0.1) is 12.8 Å². The summed E-state index contributed by atoms with van der Waals surface area (Å²) < 4.78 is 5.66. The van der Waals surface area contributed by atoms with E-state index in [-0.39, 0.29) is 23.5 Å². The predicted molar refractivity (Wildman–Crippen MR) is 113 cm³/mol. The number of aryl methyl sites for hydroxylation is 1. The molecule has 0 spiro atoms. The molecular weight excluding hydrogens is 412 g/mol. The molecule has 0 radical (unpaired) electrons. The molecule has 11 heteroatoms. The van der Waals surface area contributed by atoms with Gasteiger partial charge in [0.15, 0.2) is 10.2 Å². The average molecular weight is 439 g/mol. The summed E-state index contributed by atoms with van der Waals surface area (Å²) in [5, 5.41) is 15.7. The summed E-state index contributed by atoms with van der Waals surface area (Å²) >= 11 is 2.80. The minimum Gasteiger partial charge on any atom is -0.360 e. The first kappa shape index (κ1) is 21.6. The van der Waals surface area contributed by atoms with Crippen molar-refractivity contribution in [2.45, 2.75) is 38.0 Å². The average Bonchev–Trinajstić information content (AvgIpc) is 3.36. The van der Waals surface area contributed by atoms with Crippen LogP contribution < -0.4 is 10.2 Å². The van der Waals surface area contributed by atoms with Crippen LogP contribution in [0.25, 0.3) is 0 Å². The molecule has 2 amide bonds. The fourth-order valence-corrected chi connectivity index (χ4v) is 4.83. The molecule has 0 saturated carbocycles. The highest BCUT2D eigenvalue weighted by atomic mass is 32.2. The van der Waals surface area contributed by atoms with E-state index in [9.17, 15) is 9.59 Å². The SMILES string of the molecule is CCC(CC)C(=O)N1CCN(c2nnc(SCC(=O)Nc3cc(C)on3)s2)CC1. The molecule has 2 aromatic rings. The Morgan fingerprint density at radius 2 is 1.97 bits per heavy atom. The zero-order valence-electron chi connectivity index (χ0n) is 16.9. The van der Waals surface area contributed by atoms with E-state index in [4.69, 9.17) is 4.52 Å². The van der Waals surface area contributed by atoms with Crippen molar-refractivity contribution in [2.75, 3.05) is 42.1 Å². The first-order valence-corrected chi connectivity index (χ1v) is 11.5. The van der Waals surface area contributed by atoms with Gasteiger partial charge in [0.1, 0.15) is 5.76 Å². The summed E-state index contributed by atoms with van der Waals surface area (Å²) in [5.74, 6) is 1.48. The first-order chi connectivity index (χ1) is 14.0. The fraction of sp³-hybridized carbons (Fsp3) is 0.611. The highest BCUT2D eigenvalue weighted by molar-refractivity contribution is 8.01. The maximum Gasteiger partial charge on any atom is 0.236 e. The van der Waals surface area contributed by atoms with Gasteiger partial charge in [-0.25, -0.2) is 0 Å². The molecule has 0 bridgehead atoms. The van der Waals surface area contributed by atoms with Gasteiger partial charge in [-0.05, 0) is 19.8 Å². The lowest BCUT2D eigenvalue weighted by Crippen LogP contribution is -2.50. The van der Waals surface area contributed by atoms with Crippen LogP contribution in [0.15, 0.2) is 14.9 Å². The van der Waals surface area contributed by atoms with Crippen LogP contribution in [0.3, 0.4) is 0 Å². The molecule has 0 aromatic carbocycles. The van der Waals surface area contributed by atoms with Gasteiger partial charge >= 0.3 is 0 Å². The van der Waals surface area contributed by atoms with Crippen LogP contribution in [-0.2, 0) is 9.59 Å². The molecule has 0 atom stereocenters. The van der Waals surface area contributed by atoms with Crippen molar-refractivity contribution in [3.05, 3.63) is 11.8 Å². The molecular formula is C18H26N6O3S2. The number of carbonyl (C=O) groups excluding carboxylic acids is 2. The highest BCUT2D eigenvalue weighted by Gasteiger charge is 2.26. The predicted octanol–water partition coefficient (Wildman–Crippen LogP) is 2.65. The lowest BCUT2D eigenvalue weighted by Gasteiger charge is -2.35. The van der Waals surface area contributed by atoms with E-state index in [1.165, 1.54) is 23.1 Å². The van der Waals surface area contributed by atoms with Crippen molar-refractivity contribution < 1.29 is 14.1 Å². The van der Waals surface area contributed by atoms with E-state index in [1.54, 1.807) is 13.0 Å². The number of rotatable bonds is 8. The van der Waals surface area contributed by atoms with E-state index in [1.807, 2.05) is 4.90 Å². The molecule has 1 saturated heterocycles. The number of carbonyl (C=O) groups is 2. The van der Waals surface area contributed by atoms with Crippen LogP contribution in [0.5, 0.6) is 0 Å². The van der Waals surface area contributed by atoms with Gasteiger partial charge in [-0.15, -0.1) is 10.2 Å². The Labute approximate surface area is 178 Å². The standard InChI is InChI=1S/C18H26N6O3S2/c1-4-13(5-2)16(26)23-6-8-24(9-7-23)17-20-21-18(29-17)28-11-15(25)19-14-10-12(3)27-22-14/h10,13H,4-9,11H2,1-3H3,(H,19,22,25). The van der Waals surface area contributed by atoms with Gasteiger partial charge < -0.3 is 19.6 Å². The Morgan fingerprint density at radius 3 is 2.59 bits per heavy atom. The van der Waals surface area contributed by atoms with Crippen molar-refractivity contribution >= 4 is 45.9 Å². The molecule has 0 aliphatic carbocycles. The summed E-state index contributed by atoms with van der Waals surface area (Å²) in [7, 11) is 0. The second-order valence-electron chi connectivity index (χ2n) is 6.84. The number of nitrogens with one attached hydrogen (secondary N) is 1. The molecule has 29 heavy (non-hydrogen) atoms. The van der Waals surface area contributed by atoms with Crippen LogP contribution >= 0.6 is 23.1 Å². The molecule has 1 aliphatic heterocycles. The fourth-order valence-electron chi connectivity index (χ4n) is 3.13. The monoisotopic (exact) mass is 438 g/mol. The summed E-state index contributed by atoms with van der Waals surface area (Å²) in [6.07, 6.45) is 1.77. The normalized spacial score (nSPS) is 14.5. The van der Waals surface area contributed by atoms with E-state index in [2.05, 4.69) is 39.4 Å². The summed E-state index contributed by atoms with van der Waals surface area (Å²) in [6.45, 7) is 8.80. The minimum absolute atomic E-state index is 0.124. The highest BCUT2D eigenvalue weighted by Crippen LogP contribution is 2.29. The third-order valence-electron chi connectivity index (χ3n) is 4.81. The third kappa shape index (κ3) is 5.69. The van der Waals surface area contributed by atoms with E-state index < -0.39 is 0 Å². The molecule has 1 aliphatic rings. The maximum absolute atomic E-state index is 12.5. The maximum atomic E-state index is 12.5. The van der Waals surface area contributed by atoms with Crippen molar-refractivity contribution in [2.24, 2.45) is 5.92 Å². The van der Waals surface area contributed by atoms with Crippen LogP contribution in [0.1, 0.15) is 32.4 Å². The third-order valence-corrected chi connectivity index (χ3v) is 6.93. The van der Waals surface area contributed by atoms with Crippen molar-refractivity contribution in [3.8, 4) is 0 Å². The van der Waals surface area contributed by atoms with E-state index in [0.717, 1.165) is 35.4 Å². The lowest BCUT2D eigenvalue weighted by atomic mass is 10.0. The zero-order chi connectivity index (χ0) is 20.8. The van der Waals surface area contributed by atoms with Crippen LogP contribution in [0.4, 0.5) is 10.9 Å². The Hall–Kier alpha value is -2.14. The molecule has 2 aromatic heterocycles. The molecule has 9 nitrogen and oxygen atoms in total. The minimum atomic E-state index is -0.173. The number of piperazine rings is 1. The largest absolute Gasteiger partial charge is 0.360 e. The number of thioether (sulfide) groups is 1. The second-order valence-corrected chi connectivity index (χ2v) is 9.01. The zero-order valence-corrected chi connectivity index (χ0v) is 18.5. The Morgan fingerprint density at radius 1 is 1.24 bits per heavy atom. The molecule has 3 rings (SSSR count). The van der Waals surface area contributed by atoms with Crippen LogP contribution in [0.2, 0.25) is 0 Å². The number of aromatic nitrogens is 3. The summed E-state index contributed by atoms with van der Waals surface area (Å²) in [6, 6.07) is 1.67. The quantitative estimate of drug-likeness (QED) is 0.627. The molecule has 0 unspecified atom stereocenters.